The molecule has 0 aromatic carbocycles. The van der Waals surface area contributed by atoms with Gasteiger partial charge in [-0.2, -0.15) is 0 Å². The van der Waals surface area contributed by atoms with Crippen LogP contribution in [0.4, 0.5) is 0 Å². The Balaban J connectivity index is 2.27. The quantitative estimate of drug-likeness (QED) is 0.685. The molecule has 3 atom stereocenters. The van der Waals surface area contributed by atoms with Crippen LogP contribution in [0.1, 0.15) is 20.3 Å². The predicted molar refractivity (Wildman–Crippen MR) is 64.0 cm³/mol. The zero-order chi connectivity index (χ0) is 11.4. The first-order chi connectivity index (χ1) is 6.84. The number of rotatable bonds is 1. The van der Waals surface area contributed by atoms with Crippen LogP contribution in [0.3, 0.4) is 0 Å². The van der Waals surface area contributed by atoms with Gasteiger partial charge in [0.25, 0.3) is 0 Å². The van der Waals surface area contributed by atoms with Gasteiger partial charge in [-0.05, 0) is 19.3 Å². The summed E-state index contributed by atoms with van der Waals surface area (Å²) < 4.78 is -0.148. The van der Waals surface area contributed by atoms with Crippen molar-refractivity contribution in [1.29, 1.82) is 0 Å². The molecule has 1 aliphatic heterocycles. The van der Waals surface area contributed by atoms with Crippen molar-refractivity contribution in [3.8, 4) is 0 Å². The molecule has 1 saturated carbocycles. The average molecular weight is 339 g/mol. The van der Waals surface area contributed by atoms with Gasteiger partial charge in [-0.15, -0.1) is 0 Å². The molecule has 1 aliphatic carbocycles. The van der Waals surface area contributed by atoms with Crippen LogP contribution in [-0.2, 0) is 9.59 Å². The molecule has 84 valence electrons. The molecule has 0 bridgehead atoms. The van der Waals surface area contributed by atoms with Gasteiger partial charge in [-0.3, -0.25) is 9.59 Å². The molecule has 2 rings (SSSR count). The number of halogens is 2. The van der Waals surface area contributed by atoms with Gasteiger partial charge < -0.3 is 4.90 Å². The summed E-state index contributed by atoms with van der Waals surface area (Å²) in [4.78, 5) is 24.7. The molecule has 1 amide bonds. The zero-order valence-corrected chi connectivity index (χ0v) is 11.8. The van der Waals surface area contributed by atoms with Crippen molar-refractivity contribution in [2.45, 2.75) is 29.5 Å². The van der Waals surface area contributed by atoms with Crippen molar-refractivity contribution in [1.82, 2.24) is 4.90 Å². The van der Waals surface area contributed by atoms with Crippen LogP contribution in [0.5, 0.6) is 0 Å². The number of hydrogen-bond donors (Lipinski definition) is 0. The highest BCUT2D eigenvalue weighted by Gasteiger charge is 2.61. The second kappa shape index (κ2) is 3.55. The Hall–Kier alpha value is 0.1000. The fourth-order valence-electron chi connectivity index (χ4n) is 2.82. The van der Waals surface area contributed by atoms with E-state index >= 15 is 0 Å². The summed E-state index contributed by atoms with van der Waals surface area (Å²) in [7, 11) is 0. The van der Waals surface area contributed by atoms with E-state index in [1.165, 1.54) is 6.92 Å². The second-order valence-corrected chi connectivity index (χ2v) is 8.37. The Labute approximate surface area is 106 Å². The fraction of sp³-hybridized carbons (Fsp3) is 0.800. The molecule has 1 saturated heterocycles. The second-order valence-electron chi connectivity index (χ2n) is 4.48. The normalized spacial score (nSPS) is 37.1. The highest BCUT2D eigenvalue weighted by molar-refractivity contribution is 9.25. The number of amides is 1. The Kier molecular flexibility index (Phi) is 2.74. The van der Waals surface area contributed by atoms with E-state index < -0.39 is 0 Å². The maximum atomic E-state index is 11.6. The SMILES string of the molecule is CC(=O)[C@@H]1[C@@H]2[C@H](CN1C(C)=O)CC2(Br)Br. The lowest BCUT2D eigenvalue weighted by Crippen LogP contribution is -2.51. The molecule has 0 aromatic rings. The monoisotopic (exact) mass is 337 g/mol. The number of Topliss-reactive ketones (excluding diaryl/α,β-unsaturated/α-hetero) is 1. The average Bonchev–Trinajstić information content (AvgIpc) is 2.39. The van der Waals surface area contributed by atoms with E-state index in [0.717, 1.165) is 13.0 Å². The lowest BCUT2D eigenvalue weighted by molar-refractivity contribution is -0.136. The maximum Gasteiger partial charge on any atom is 0.220 e. The first-order valence-electron chi connectivity index (χ1n) is 5.00. The van der Waals surface area contributed by atoms with Gasteiger partial charge in [0.2, 0.25) is 5.91 Å². The van der Waals surface area contributed by atoms with Gasteiger partial charge in [0.15, 0.2) is 5.78 Å². The molecule has 0 radical (unpaired) electrons. The van der Waals surface area contributed by atoms with E-state index in [1.54, 1.807) is 11.8 Å². The van der Waals surface area contributed by atoms with Gasteiger partial charge in [0.05, 0.1) is 9.28 Å². The molecule has 0 spiro atoms. The van der Waals surface area contributed by atoms with Crippen LogP contribution >= 0.6 is 31.9 Å². The van der Waals surface area contributed by atoms with Crippen LogP contribution in [0.15, 0.2) is 0 Å². The van der Waals surface area contributed by atoms with Gasteiger partial charge in [-0.1, -0.05) is 31.9 Å². The van der Waals surface area contributed by atoms with Crippen LogP contribution in [0.2, 0.25) is 0 Å². The number of carbonyl (C=O) groups is 2. The third-order valence-electron chi connectivity index (χ3n) is 3.46. The number of nitrogens with zero attached hydrogens (tertiary/aromatic N) is 1. The summed E-state index contributed by atoms with van der Waals surface area (Å²) in [6, 6.07) is -0.250. The van der Waals surface area contributed by atoms with Crippen molar-refractivity contribution in [3.63, 3.8) is 0 Å². The molecule has 2 aliphatic rings. The number of hydrogen-bond acceptors (Lipinski definition) is 2. The molecule has 5 heteroatoms. The Bertz CT molecular complexity index is 329. The molecular formula is C10H13Br2NO2. The number of ketones is 1. The van der Waals surface area contributed by atoms with E-state index in [0.29, 0.717) is 5.92 Å². The fourth-order valence-corrected chi connectivity index (χ4v) is 4.90. The summed E-state index contributed by atoms with van der Waals surface area (Å²) in [6.45, 7) is 3.82. The lowest BCUT2D eigenvalue weighted by atomic mass is 9.72. The number of carbonyl (C=O) groups excluding carboxylic acids is 2. The van der Waals surface area contributed by atoms with Gasteiger partial charge in [0.1, 0.15) is 0 Å². The predicted octanol–water partition coefficient (Wildman–Crippen LogP) is 1.93. The minimum atomic E-state index is -0.250. The van der Waals surface area contributed by atoms with Crippen molar-refractivity contribution in [2.75, 3.05) is 6.54 Å². The first kappa shape index (κ1) is 11.6. The van der Waals surface area contributed by atoms with E-state index in [-0.39, 0.29) is 26.9 Å². The van der Waals surface area contributed by atoms with Crippen LogP contribution < -0.4 is 0 Å². The minimum Gasteiger partial charge on any atom is -0.332 e. The summed E-state index contributed by atoms with van der Waals surface area (Å²) in [5, 5.41) is 0. The third-order valence-corrected chi connectivity index (χ3v) is 5.16. The smallest absolute Gasteiger partial charge is 0.220 e. The van der Waals surface area contributed by atoms with Gasteiger partial charge in [0, 0.05) is 19.4 Å². The van der Waals surface area contributed by atoms with E-state index in [9.17, 15) is 9.59 Å². The Morgan fingerprint density at radius 2 is 1.93 bits per heavy atom. The number of alkyl halides is 2. The van der Waals surface area contributed by atoms with E-state index in [4.69, 9.17) is 0 Å². The molecule has 0 N–H and O–H groups in total. The molecule has 1 heterocycles. The molecule has 15 heavy (non-hydrogen) atoms. The van der Waals surface area contributed by atoms with Crippen LogP contribution in [-0.4, -0.2) is 32.4 Å². The summed E-state index contributed by atoms with van der Waals surface area (Å²) in [5.74, 6) is 0.765. The molecule has 3 nitrogen and oxygen atoms in total. The van der Waals surface area contributed by atoms with Crippen molar-refractivity contribution in [3.05, 3.63) is 0 Å². The van der Waals surface area contributed by atoms with Crippen molar-refractivity contribution >= 4 is 43.6 Å². The Morgan fingerprint density at radius 1 is 1.33 bits per heavy atom. The minimum absolute atomic E-state index is 0.000370. The molecule has 2 fully saturated rings. The molecule has 0 aromatic heterocycles. The Morgan fingerprint density at radius 3 is 2.33 bits per heavy atom. The highest BCUT2D eigenvalue weighted by Crippen LogP contribution is 2.60. The third kappa shape index (κ3) is 1.68. The maximum absolute atomic E-state index is 11.6. The number of likely N-dealkylation sites (tertiary alicyclic amines) is 1. The van der Waals surface area contributed by atoms with E-state index in [1.807, 2.05) is 0 Å². The zero-order valence-electron chi connectivity index (χ0n) is 8.67. The summed E-state index contributed by atoms with van der Waals surface area (Å²) >= 11 is 7.17. The number of fused-ring (bicyclic) bond motifs is 1. The van der Waals surface area contributed by atoms with Gasteiger partial charge >= 0.3 is 0 Å². The molecular weight excluding hydrogens is 326 g/mol. The van der Waals surface area contributed by atoms with Crippen molar-refractivity contribution in [2.24, 2.45) is 11.8 Å². The van der Waals surface area contributed by atoms with E-state index in [2.05, 4.69) is 31.9 Å². The van der Waals surface area contributed by atoms with Crippen LogP contribution in [0.25, 0.3) is 0 Å². The largest absolute Gasteiger partial charge is 0.332 e. The highest BCUT2D eigenvalue weighted by atomic mass is 79.9. The van der Waals surface area contributed by atoms with Crippen LogP contribution in [0, 0.1) is 11.8 Å². The first-order valence-corrected chi connectivity index (χ1v) is 6.58. The molecule has 0 unspecified atom stereocenters. The standard InChI is InChI=1S/C10H13Br2NO2/c1-5(14)9-8-7(3-10(8,11)12)4-13(9)6(2)15/h7-9H,3-4H2,1-2H3/t7-,8-,9+/m0/s1. The lowest BCUT2D eigenvalue weighted by Gasteiger charge is -2.45. The topological polar surface area (TPSA) is 37.4 Å². The van der Waals surface area contributed by atoms with Crippen molar-refractivity contribution < 1.29 is 9.59 Å². The summed E-state index contributed by atoms with van der Waals surface area (Å²) in [6.07, 6.45) is 0.977. The summed E-state index contributed by atoms with van der Waals surface area (Å²) in [5.41, 5.74) is 0. The van der Waals surface area contributed by atoms with Gasteiger partial charge in [-0.25, -0.2) is 0 Å².